The zero-order valence-corrected chi connectivity index (χ0v) is 19.5. The second kappa shape index (κ2) is 10.4. The minimum atomic E-state index is -0.790. The molecule has 31 heavy (non-hydrogen) atoms. The Hall–Kier alpha value is -2.86. The van der Waals surface area contributed by atoms with Crippen LogP contribution in [0.1, 0.15) is 63.2 Å². The molecule has 6 nitrogen and oxygen atoms in total. The Morgan fingerprint density at radius 1 is 1.23 bits per heavy atom. The molecule has 0 aliphatic rings. The summed E-state index contributed by atoms with van der Waals surface area (Å²) in [4.78, 5) is 40.7. The summed E-state index contributed by atoms with van der Waals surface area (Å²) >= 11 is 6.21. The van der Waals surface area contributed by atoms with Crippen LogP contribution in [0.3, 0.4) is 0 Å². The van der Waals surface area contributed by atoms with Crippen LogP contribution in [0.2, 0.25) is 5.02 Å². The van der Waals surface area contributed by atoms with Crippen molar-refractivity contribution in [1.82, 2.24) is 9.47 Å². The molecule has 2 rings (SSSR count). The second-order valence-electron chi connectivity index (χ2n) is 7.17. The lowest BCUT2D eigenvalue weighted by atomic mass is 9.99. The van der Waals surface area contributed by atoms with E-state index in [-0.39, 0.29) is 24.8 Å². The molecule has 0 bridgehead atoms. The number of hydrogen-bond donors (Lipinski definition) is 0. The second-order valence-corrected chi connectivity index (χ2v) is 7.57. The number of carbonyl (C=O) groups is 3. The van der Waals surface area contributed by atoms with Crippen LogP contribution in [-0.4, -0.2) is 46.3 Å². The van der Waals surface area contributed by atoms with Crippen molar-refractivity contribution in [1.29, 1.82) is 0 Å². The predicted molar refractivity (Wildman–Crippen MR) is 122 cm³/mol. The Balaban J connectivity index is 2.51. The van der Waals surface area contributed by atoms with Crippen molar-refractivity contribution >= 4 is 29.3 Å². The number of Topliss-reactive ketones (excluding diaryl/α,β-unsaturated/α-hetero) is 1. The van der Waals surface area contributed by atoms with Gasteiger partial charge in [-0.2, -0.15) is 0 Å². The molecule has 1 heterocycles. The van der Waals surface area contributed by atoms with E-state index >= 15 is 0 Å². The van der Waals surface area contributed by atoms with Crippen LogP contribution in [0.25, 0.3) is 0 Å². The molecule has 0 aliphatic heterocycles. The fourth-order valence-corrected chi connectivity index (χ4v) is 4.03. The number of ether oxygens (including phenoxy) is 1. The number of amides is 1. The topological polar surface area (TPSA) is 68.6 Å². The summed E-state index contributed by atoms with van der Waals surface area (Å²) in [6, 6.07) is 5.93. The van der Waals surface area contributed by atoms with Crippen molar-refractivity contribution in [2.24, 2.45) is 0 Å². The van der Waals surface area contributed by atoms with Gasteiger partial charge < -0.3 is 14.2 Å². The molecule has 0 fully saturated rings. The average molecular weight is 445 g/mol. The van der Waals surface area contributed by atoms with Crippen molar-refractivity contribution in [3.8, 4) is 0 Å². The summed E-state index contributed by atoms with van der Waals surface area (Å²) < 4.78 is 6.97. The highest BCUT2D eigenvalue weighted by Gasteiger charge is 2.33. The van der Waals surface area contributed by atoms with E-state index in [0.717, 1.165) is 0 Å². The van der Waals surface area contributed by atoms with Crippen molar-refractivity contribution < 1.29 is 19.1 Å². The van der Waals surface area contributed by atoms with E-state index in [9.17, 15) is 14.4 Å². The maximum atomic E-state index is 13.6. The average Bonchev–Trinajstić information content (AvgIpc) is 3.00. The van der Waals surface area contributed by atoms with Gasteiger partial charge >= 0.3 is 5.97 Å². The van der Waals surface area contributed by atoms with E-state index < -0.39 is 12.0 Å². The minimum absolute atomic E-state index is 0.175. The third-order valence-electron chi connectivity index (χ3n) is 5.34. The molecule has 0 radical (unpaired) electrons. The zero-order chi connectivity index (χ0) is 23.3. The number of hydrogen-bond acceptors (Lipinski definition) is 4. The molecule has 0 N–H and O–H groups in total. The van der Waals surface area contributed by atoms with Crippen LogP contribution in [-0.2, 0) is 11.3 Å². The molecule has 2 aromatic rings. The lowest BCUT2D eigenvalue weighted by Gasteiger charge is -2.28. The highest BCUT2D eigenvalue weighted by atomic mass is 35.5. The molecule has 0 saturated heterocycles. The number of rotatable bonds is 9. The first-order valence-corrected chi connectivity index (χ1v) is 10.7. The van der Waals surface area contributed by atoms with Crippen LogP contribution in [0, 0.1) is 13.8 Å². The summed E-state index contributed by atoms with van der Waals surface area (Å²) in [7, 11) is 0. The molecule has 0 aliphatic carbocycles. The van der Waals surface area contributed by atoms with Crippen LogP contribution in [0.4, 0.5) is 0 Å². The molecule has 1 unspecified atom stereocenters. The summed E-state index contributed by atoms with van der Waals surface area (Å²) in [6.45, 7) is 13.5. The fourth-order valence-electron chi connectivity index (χ4n) is 3.81. The Bertz CT molecular complexity index is 1010. The largest absolute Gasteiger partial charge is 0.461 e. The van der Waals surface area contributed by atoms with Crippen LogP contribution in [0.5, 0.6) is 0 Å². The molecule has 1 atom stereocenters. The highest BCUT2D eigenvalue weighted by molar-refractivity contribution is 6.33. The van der Waals surface area contributed by atoms with Gasteiger partial charge in [0.2, 0.25) is 0 Å². The maximum absolute atomic E-state index is 13.6. The van der Waals surface area contributed by atoms with Gasteiger partial charge in [0.25, 0.3) is 5.91 Å². The quantitative estimate of drug-likeness (QED) is 0.315. The SMILES string of the molecule is C=CCN(C(=O)c1ccccc1Cl)C(C)C(=O)c1c(C)c(C(=O)OCC)n(CC)c1C. The summed E-state index contributed by atoms with van der Waals surface area (Å²) in [6.07, 6.45) is 1.57. The van der Waals surface area contributed by atoms with Gasteiger partial charge in [0.1, 0.15) is 5.69 Å². The van der Waals surface area contributed by atoms with Gasteiger partial charge in [0.05, 0.1) is 23.2 Å². The Labute approximate surface area is 188 Å². The molecule has 1 aromatic carbocycles. The summed E-state index contributed by atoms with van der Waals surface area (Å²) in [5.41, 5.74) is 2.34. The van der Waals surface area contributed by atoms with Gasteiger partial charge in [-0.15, -0.1) is 6.58 Å². The molecule has 0 spiro atoms. The first-order valence-electron chi connectivity index (χ1n) is 10.3. The van der Waals surface area contributed by atoms with E-state index in [0.29, 0.717) is 39.6 Å². The number of benzene rings is 1. The minimum Gasteiger partial charge on any atom is -0.461 e. The van der Waals surface area contributed by atoms with Gasteiger partial charge in [-0.05, 0) is 52.3 Å². The number of halogens is 1. The number of esters is 1. The molecule has 7 heteroatoms. The maximum Gasteiger partial charge on any atom is 0.355 e. The monoisotopic (exact) mass is 444 g/mol. The molecule has 0 saturated carbocycles. The normalized spacial score (nSPS) is 11.7. The standard InChI is InChI=1S/C24H29ClN2O4/c1-7-14-27(23(29)18-12-10-11-13-19(18)25)17(6)22(28)20-15(4)21(24(30)31-9-3)26(8-2)16(20)5/h7,10-13,17H,1,8-9,14H2,2-6H3. The summed E-state index contributed by atoms with van der Waals surface area (Å²) in [5.74, 6) is -1.08. The van der Waals surface area contributed by atoms with E-state index in [1.807, 2.05) is 6.92 Å². The first kappa shape index (κ1) is 24.4. The van der Waals surface area contributed by atoms with Crippen LogP contribution < -0.4 is 0 Å². The van der Waals surface area contributed by atoms with Gasteiger partial charge in [-0.3, -0.25) is 9.59 Å². The number of aromatic nitrogens is 1. The van der Waals surface area contributed by atoms with Crippen molar-refractivity contribution in [3.05, 3.63) is 70.0 Å². The number of carbonyl (C=O) groups excluding carboxylic acids is 3. The number of nitrogens with zero attached hydrogens (tertiary/aromatic N) is 2. The van der Waals surface area contributed by atoms with E-state index in [1.165, 1.54) is 4.90 Å². The van der Waals surface area contributed by atoms with Crippen molar-refractivity contribution in [2.75, 3.05) is 13.2 Å². The van der Waals surface area contributed by atoms with Crippen molar-refractivity contribution in [2.45, 2.75) is 47.2 Å². The third kappa shape index (κ3) is 4.74. The van der Waals surface area contributed by atoms with E-state index in [2.05, 4.69) is 6.58 Å². The van der Waals surface area contributed by atoms with Gasteiger partial charge in [-0.1, -0.05) is 29.8 Å². The Kier molecular flexibility index (Phi) is 8.22. The fraction of sp³-hybridized carbons (Fsp3) is 0.375. The molecular weight excluding hydrogens is 416 g/mol. The summed E-state index contributed by atoms with van der Waals surface area (Å²) in [5, 5.41) is 0.315. The smallest absolute Gasteiger partial charge is 0.355 e. The van der Waals surface area contributed by atoms with E-state index in [4.69, 9.17) is 16.3 Å². The first-order chi connectivity index (χ1) is 14.7. The lowest BCUT2D eigenvalue weighted by Crippen LogP contribution is -2.43. The lowest BCUT2D eigenvalue weighted by molar-refractivity contribution is 0.0512. The van der Waals surface area contributed by atoms with Crippen LogP contribution in [0.15, 0.2) is 36.9 Å². The highest BCUT2D eigenvalue weighted by Crippen LogP contribution is 2.27. The van der Waals surface area contributed by atoms with Gasteiger partial charge in [0, 0.05) is 24.3 Å². The number of ketones is 1. The van der Waals surface area contributed by atoms with Crippen molar-refractivity contribution in [3.63, 3.8) is 0 Å². The third-order valence-corrected chi connectivity index (χ3v) is 5.67. The Morgan fingerprint density at radius 3 is 2.42 bits per heavy atom. The molecular formula is C24H29ClN2O4. The zero-order valence-electron chi connectivity index (χ0n) is 18.7. The Morgan fingerprint density at radius 2 is 1.87 bits per heavy atom. The molecule has 1 amide bonds. The molecule has 1 aromatic heterocycles. The predicted octanol–water partition coefficient (Wildman–Crippen LogP) is 4.85. The van der Waals surface area contributed by atoms with Gasteiger partial charge in [0.15, 0.2) is 5.78 Å². The van der Waals surface area contributed by atoms with Crippen LogP contribution >= 0.6 is 11.6 Å². The van der Waals surface area contributed by atoms with E-state index in [1.54, 1.807) is 62.6 Å². The molecule has 166 valence electrons. The van der Waals surface area contributed by atoms with Gasteiger partial charge in [-0.25, -0.2) is 4.79 Å².